The Hall–Kier alpha value is -1.37. The zero-order valence-electron chi connectivity index (χ0n) is 12.0. The Balaban J connectivity index is 1.64. The molecule has 0 spiro atoms. The third-order valence-electron chi connectivity index (χ3n) is 4.48. The average molecular weight is 269 g/mol. The molecule has 1 unspecified atom stereocenters. The summed E-state index contributed by atoms with van der Waals surface area (Å²) >= 11 is 0. The Morgan fingerprint density at radius 3 is 2.85 bits per heavy atom. The number of nitrogens with zero attached hydrogens (tertiary/aromatic N) is 2. The van der Waals surface area contributed by atoms with E-state index in [4.69, 9.17) is 0 Å². The van der Waals surface area contributed by atoms with Crippen LogP contribution in [0.1, 0.15) is 43.2 Å². The van der Waals surface area contributed by atoms with Gasteiger partial charge >= 0.3 is 0 Å². The highest BCUT2D eigenvalue weighted by molar-refractivity contribution is 5.37. The molecule has 3 nitrogen and oxygen atoms in total. The Morgan fingerprint density at radius 1 is 1.20 bits per heavy atom. The number of rotatable bonds is 5. The highest BCUT2D eigenvalue weighted by Crippen LogP contribution is 2.23. The van der Waals surface area contributed by atoms with E-state index in [9.17, 15) is 5.26 Å². The Morgan fingerprint density at radius 2 is 2.05 bits per heavy atom. The third-order valence-corrected chi connectivity index (χ3v) is 4.48. The molecule has 1 N–H and O–H groups in total. The van der Waals surface area contributed by atoms with Gasteiger partial charge in [-0.2, -0.15) is 5.26 Å². The van der Waals surface area contributed by atoms with Crippen molar-refractivity contribution >= 4 is 0 Å². The molecule has 1 heterocycles. The lowest BCUT2D eigenvalue weighted by atomic mass is 10.00. The molecule has 3 heteroatoms. The Kier molecular flexibility index (Phi) is 4.34. The second-order valence-corrected chi connectivity index (χ2v) is 6.07. The van der Waals surface area contributed by atoms with Crippen LogP contribution in [0.5, 0.6) is 0 Å². The van der Waals surface area contributed by atoms with Crippen LogP contribution >= 0.6 is 0 Å². The molecule has 106 valence electrons. The first-order valence-corrected chi connectivity index (χ1v) is 7.82. The summed E-state index contributed by atoms with van der Waals surface area (Å²) in [7, 11) is 0. The molecule has 0 radical (unpaired) electrons. The topological polar surface area (TPSA) is 39.1 Å². The molecule has 2 aliphatic rings. The summed E-state index contributed by atoms with van der Waals surface area (Å²) in [5.74, 6) is 0. The number of hydrogen-bond acceptors (Lipinski definition) is 3. The van der Waals surface area contributed by atoms with Gasteiger partial charge in [0.25, 0.3) is 0 Å². The number of hydrogen-bond donors (Lipinski definition) is 1. The van der Waals surface area contributed by atoms with E-state index in [2.05, 4.69) is 22.4 Å². The number of likely N-dealkylation sites (tertiary alicyclic amines) is 1. The first kappa shape index (κ1) is 13.6. The summed E-state index contributed by atoms with van der Waals surface area (Å²) in [6.45, 7) is 3.19. The number of benzene rings is 1. The van der Waals surface area contributed by atoms with Crippen molar-refractivity contribution in [1.82, 2.24) is 10.2 Å². The van der Waals surface area contributed by atoms with Crippen LogP contribution in [-0.4, -0.2) is 30.1 Å². The molecular formula is C17H23N3. The fourth-order valence-corrected chi connectivity index (χ4v) is 3.08. The van der Waals surface area contributed by atoms with E-state index in [0.717, 1.165) is 31.2 Å². The maximum Gasteiger partial charge on any atom is 0.0995 e. The van der Waals surface area contributed by atoms with Gasteiger partial charge in [0, 0.05) is 25.2 Å². The van der Waals surface area contributed by atoms with Crippen LogP contribution in [0.2, 0.25) is 0 Å². The molecule has 3 rings (SSSR count). The van der Waals surface area contributed by atoms with Gasteiger partial charge in [-0.3, -0.25) is 4.90 Å². The quantitative estimate of drug-likeness (QED) is 0.893. The Bertz CT molecular complexity index is 487. The summed E-state index contributed by atoms with van der Waals surface area (Å²) < 4.78 is 0. The minimum absolute atomic E-state index is 0.635. The number of nitriles is 1. The SMILES string of the molecule is N#Cc1ccccc1CN1CCCCC1CNC1CC1. The summed E-state index contributed by atoms with van der Waals surface area (Å²) in [5.41, 5.74) is 2.00. The zero-order valence-corrected chi connectivity index (χ0v) is 12.0. The summed E-state index contributed by atoms with van der Waals surface area (Å²) in [4.78, 5) is 2.56. The highest BCUT2D eigenvalue weighted by Gasteiger charge is 2.26. The lowest BCUT2D eigenvalue weighted by Crippen LogP contribution is -2.45. The van der Waals surface area contributed by atoms with Crippen LogP contribution in [0, 0.1) is 11.3 Å². The van der Waals surface area contributed by atoms with Crippen LogP contribution in [0.4, 0.5) is 0 Å². The zero-order chi connectivity index (χ0) is 13.8. The first-order valence-electron chi connectivity index (χ1n) is 7.82. The molecule has 1 aromatic rings. The van der Waals surface area contributed by atoms with Crippen LogP contribution in [0.15, 0.2) is 24.3 Å². The Labute approximate surface area is 121 Å². The first-order chi connectivity index (χ1) is 9.86. The average Bonchev–Trinajstić information content (AvgIpc) is 3.31. The van der Waals surface area contributed by atoms with Crippen molar-refractivity contribution in [2.24, 2.45) is 0 Å². The minimum Gasteiger partial charge on any atom is -0.312 e. The monoisotopic (exact) mass is 269 g/mol. The van der Waals surface area contributed by atoms with Crippen molar-refractivity contribution in [1.29, 1.82) is 5.26 Å². The predicted octanol–water partition coefficient (Wildman–Crippen LogP) is 2.66. The van der Waals surface area contributed by atoms with Gasteiger partial charge in [-0.05, 0) is 43.9 Å². The van der Waals surface area contributed by atoms with Gasteiger partial charge in [-0.15, -0.1) is 0 Å². The fraction of sp³-hybridized carbons (Fsp3) is 0.588. The smallest absolute Gasteiger partial charge is 0.0995 e. The molecule has 1 saturated heterocycles. The molecule has 1 atom stereocenters. The summed E-state index contributed by atoms with van der Waals surface area (Å²) in [6.07, 6.45) is 6.62. The predicted molar refractivity (Wildman–Crippen MR) is 80.2 cm³/mol. The molecule has 0 amide bonds. The highest BCUT2D eigenvalue weighted by atomic mass is 15.2. The van der Waals surface area contributed by atoms with Crippen LogP contribution in [-0.2, 0) is 6.54 Å². The largest absolute Gasteiger partial charge is 0.312 e. The lowest BCUT2D eigenvalue weighted by molar-refractivity contribution is 0.137. The lowest BCUT2D eigenvalue weighted by Gasteiger charge is -2.36. The van der Waals surface area contributed by atoms with Gasteiger partial charge in [0.2, 0.25) is 0 Å². The van der Waals surface area contributed by atoms with E-state index in [1.807, 2.05) is 18.2 Å². The van der Waals surface area contributed by atoms with E-state index < -0.39 is 0 Å². The molecular weight excluding hydrogens is 246 g/mol. The van der Waals surface area contributed by atoms with Crippen LogP contribution in [0.25, 0.3) is 0 Å². The normalized spacial score (nSPS) is 23.4. The van der Waals surface area contributed by atoms with Gasteiger partial charge in [-0.25, -0.2) is 0 Å². The number of piperidine rings is 1. The van der Waals surface area contributed by atoms with E-state index >= 15 is 0 Å². The second-order valence-electron chi connectivity index (χ2n) is 6.07. The van der Waals surface area contributed by atoms with E-state index in [1.54, 1.807) is 0 Å². The van der Waals surface area contributed by atoms with Gasteiger partial charge < -0.3 is 5.32 Å². The van der Waals surface area contributed by atoms with E-state index in [0.29, 0.717) is 6.04 Å². The van der Waals surface area contributed by atoms with Crippen LogP contribution in [0.3, 0.4) is 0 Å². The van der Waals surface area contributed by atoms with Crippen molar-refractivity contribution in [3.8, 4) is 6.07 Å². The molecule has 1 aliphatic heterocycles. The van der Waals surface area contributed by atoms with Gasteiger partial charge in [0.15, 0.2) is 0 Å². The molecule has 1 saturated carbocycles. The summed E-state index contributed by atoms with van der Waals surface area (Å²) in [5, 5.41) is 12.9. The standard InChI is InChI=1S/C17H23N3/c18-11-14-5-1-2-6-15(14)13-20-10-4-3-7-17(20)12-19-16-8-9-16/h1-2,5-6,16-17,19H,3-4,7-10,12-13H2. The molecule has 0 aromatic heterocycles. The van der Waals surface area contributed by atoms with Crippen molar-refractivity contribution in [3.63, 3.8) is 0 Å². The molecule has 0 bridgehead atoms. The second kappa shape index (κ2) is 6.39. The minimum atomic E-state index is 0.635. The van der Waals surface area contributed by atoms with Crippen molar-refractivity contribution in [2.75, 3.05) is 13.1 Å². The molecule has 20 heavy (non-hydrogen) atoms. The van der Waals surface area contributed by atoms with Gasteiger partial charge in [0.1, 0.15) is 0 Å². The van der Waals surface area contributed by atoms with E-state index in [-0.39, 0.29) is 0 Å². The maximum absolute atomic E-state index is 9.22. The van der Waals surface area contributed by atoms with Crippen molar-refractivity contribution < 1.29 is 0 Å². The molecule has 1 aromatic carbocycles. The number of nitrogens with one attached hydrogen (secondary N) is 1. The fourth-order valence-electron chi connectivity index (χ4n) is 3.08. The maximum atomic E-state index is 9.22. The third kappa shape index (κ3) is 3.39. The van der Waals surface area contributed by atoms with Crippen LogP contribution < -0.4 is 5.32 Å². The van der Waals surface area contributed by atoms with E-state index in [1.165, 1.54) is 37.7 Å². The van der Waals surface area contributed by atoms with Crippen molar-refractivity contribution in [2.45, 2.75) is 50.7 Å². The molecule has 2 fully saturated rings. The molecule has 1 aliphatic carbocycles. The van der Waals surface area contributed by atoms with Gasteiger partial charge in [-0.1, -0.05) is 24.6 Å². The summed E-state index contributed by atoms with van der Waals surface area (Å²) in [6, 6.07) is 11.7. The van der Waals surface area contributed by atoms with Crippen molar-refractivity contribution in [3.05, 3.63) is 35.4 Å². The van der Waals surface area contributed by atoms with Gasteiger partial charge in [0.05, 0.1) is 11.6 Å².